The summed E-state index contributed by atoms with van der Waals surface area (Å²) in [7, 11) is 0. The van der Waals surface area contributed by atoms with Crippen LogP contribution in [-0.4, -0.2) is 0 Å². The van der Waals surface area contributed by atoms with Gasteiger partial charge < -0.3 is 5.32 Å². The Balaban J connectivity index is 0.992. The number of aryl methyl sites for hydroxylation is 3. The van der Waals surface area contributed by atoms with Crippen LogP contribution in [0.15, 0.2) is 157 Å². The van der Waals surface area contributed by atoms with Crippen LogP contribution in [0.5, 0.6) is 0 Å². The van der Waals surface area contributed by atoms with E-state index in [-0.39, 0.29) is 5.41 Å². The average molecular weight is 678 g/mol. The van der Waals surface area contributed by atoms with Gasteiger partial charge in [0.05, 0.1) is 0 Å². The molecule has 0 aromatic heterocycles. The number of hydrogen-bond acceptors (Lipinski definition) is 1. The Morgan fingerprint density at radius 3 is 2.06 bits per heavy atom. The van der Waals surface area contributed by atoms with Crippen molar-refractivity contribution in [2.75, 3.05) is 5.32 Å². The van der Waals surface area contributed by atoms with Gasteiger partial charge in [0.1, 0.15) is 0 Å². The summed E-state index contributed by atoms with van der Waals surface area (Å²) < 4.78 is 0. The fourth-order valence-electron chi connectivity index (χ4n) is 9.02. The van der Waals surface area contributed by atoms with Gasteiger partial charge in [-0.1, -0.05) is 163 Å². The molecule has 3 aliphatic carbocycles. The standard InChI is InChI=1S/C51H51N/c1-36-15-28-49(44-32-37(2)31-38(3)33-44)50(34-36)43-13-10-14-48(35-43)52-47-26-20-42(21-27-47)41-18-24-46(25-19-41)51(29-8-5-9-30-51)45-22-16-40(17-23-45)39-11-6-4-7-12-39/h4,6,10-11,13-16,18-28,31-35,40,52H,5,7-9,12,17,29-30H2,1-3H3. The molecule has 0 spiro atoms. The van der Waals surface area contributed by atoms with E-state index in [2.05, 4.69) is 172 Å². The Morgan fingerprint density at radius 1 is 0.615 bits per heavy atom. The molecule has 5 aromatic carbocycles. The predicted molar refractivity (Wildman–Crippen MR) is 223 cm³/mol. The molecular weight excluding hydrogens is 627 g/mol. The van der Waals surface area contributed by atoms with Gasteiger partial charge in [0, 0.05) is 22.7 Å². The van der Waals surface area contributed by atoms with Crippen molar-refractivity contribution in [3.8, 4) is 33.4 Å². The monoisotopic (exact) mass is 677 g/mol. The molecule has 0 heterocycles. The molecule has 260 valence electrons. The van der Waals surface area contributed by atoms with E-state index in [9.17, 15) is 0 Å². The quantitative estimate of drug-likeness (QED) is 0.172. The summed E-state index contributed by atoms with van der Waals surface area (Å²) in [6, 6.07) is 40.9. The van der Waals surface area contributed by atoms with Crippen molar-refractivity contribution in [2.45, 2.75) is 77.6 Å². The normalized spacial score (nSPS) is 18.1. The summed E-state index contributed by atoms with van der Waals surface area (Å²) in [5.41, 5.74) is 18.3. The van der Waals surface area contributed by atoms with Gasteiger partial charge in [0.2, 0.25) is 0 Å². The third kappa shape index (κ3) is 7.15. The van der Waals surface area contributed by atoms with Crippen molar-refractivity contribution in [3.63, 3.8) is 0 Å². The summed E-state index contributed by atoms with van der Waals surface area (Å²) in [5, 5.41) is 3.68. The molecule has 1 unspecified atom stereocenters. The molecule has 1 atom stereocenters. The molecule has 0 saturated heterocycles. The summed E-state index contributed by atoms with van der Waals surface area (Å²) in [5.74, 6) is 0.563. The van der Waals surface area contributed by atoms with Crippen LogP contribution in [-0.2, 0) is 5.41 Å². The van der Waals surface area contributed by atoms with Gasteiger partial charge in [0.15, 0.2) is 0 Å². The Labute approximate surface area is 311 Å². The molecule has 8 rings (SSSR count). The van der Waals surface area contributed by atoms with Crippen LogP contribution in [0.2, 0.25) is 0 Å². The molecule has 0 amide bonds. The van der Waals surface area contributed by atoms with E-state index in [1.807, 2.05) is 0 Å². The largest absolute Gasteiger partial charge is 0.356 e. The molecule has 0 aliphatic heterocycles. The molecule has 52 heavy (non-hydrogen) atoms. The van der Waals surface area contributed by atoms with E-state index in [4.69, 9.17) is 0 Å². The minimum atomic E-state index is 0.138. The Hall–Kier alpha value is -5.14. The first-order chi connectivity index (χ1) is 25.4. The molecule has 1 nitrogen and oxygen atoms in total. The average Bonchev–Trinajstić information content (AvgIpc) is 3.19. The lowest BCUT2D eigenvalue weighted by molar-refractivity contribution is 0.343. The third-order valence-electron chi connectivity index (χ3n) is 11.7. The fourth-order valence-corrected chi connectivity index (χ4v) is 9.02. The van der Waals surface area contributed by atoms with Crippen LogP contribution in [0.3, 0.4) is 0 Å². The van der Waals surface area contributed by atoms with Gasteiger partial charge in [-0.2, -0.15) is 0 Å². The van der Waals surface area contributed by atoms with Gasteiger partial charge in [-0.25, -0.2) is 0 Å². The van der Waals surface area contributed by atoms with Crippen molar-refractivity contribution < 1.29 is 0 Å². The van der Waals surface area contributed by atoms with Crippen molar-refractivity contribution in [2.24, 2.45) is 5.92 Å². The van der Waals surface area contributed by atoms with Crippen molar-refractivity contribution >= 4 is 11.4 Å². The first-order valence-corrected chi connectivity index (χ1v) is 19.5. The highest BCUT2D eigenvalue weighted by atomic mass is 14.9. The van der Waals surface area contributed by atoms with E-state index in [0.717, 1.165) is 17.8 Å². The minimum Gasteiger partial charge on any atom is -0.356 e. The van der Waals surface area contributed by atoms with E-state index in [1.165, 1.54) is 101 Å². The smallest absolute Gasteiger partial charge is 0.0390 e. The van der Waals surface area contributed by atoms with Crippen molar-refractivity contribution in [3.05, 3.63) is 179 Å². The Kier molecular flexibility index (Phi) is 9.70. The summed E-state index contributed by atoms with van der Waals surface area (Å²) in [6.07, 6.45) is 24.4. The molecule has 0 radical (unpaired) electrons. The van der Waals surface area contributed by atoms with E-state index in [1.54, 1.807) is 11.1 Å². The highest BCUT2D eigenvalue weighted by Gasteiger charge is 2.37. The van der Waals surface area contributed by atoms with Gasteiger partial charge in [-0.3, -0.25) is 0 Å². The van der Waals surface area contributed by atoms with E-state index in [0.29, 0.717) is 5.92 Å². The molecule has 1 N–H and O–H groups in total. The molecule has 1 fully saturated rings. The summed E-state index contributed by atoms with van der Waals surface area (Å²) in [4.78, 5) is 0. The number of benzene rings is 5. The number of anilines is 2. The van der Waals surface area contributed by atoms with Crippen LogP contribution in [0, 0.1) is 26.7 Å². The zero-order valence-corrected chi connectivity index (χ0v) is 31.1. The summed E-state index contributed by atoms with van der Waals surface area (Å²) >= 11 is 0. The third-order valence-corrected chi connectivity index (χ3v) is 11.7. The predicted octanol–water partition coefficient (Wildman–Crippen LogP) is 14.3. The van der Waals surface area contributed by atoms with Gasteiger partial charge >= 0.3 is 0 Å². The lowest BCUT2D eigenvalue weighted by atomic mass is 9.63. The zero-order chi connectivity index (χ0) is 35.5. The Bertz CT molecular complexity index is 2160. The maximum atomic E-state index is 3.68. The first-order valence-electron chi connectivity index (χ1n) is 19.5. The number of rotatable bonds is 8. The minimum absolute atomic E-state index is 0.138. The van der Waals surface area contributed by atoms with E-state index < -0.39 is 0 Å². The second-order valence-corrected chi connectivity index (χ2v) is 15.5. The lowest BCUT2D eigenvalue weighted by Gasteiger charge is -2.41. The van der Waals surface area contributed by atoms with Gasteiger partial charge in [0.25, 0.3) is 0 Å². The van der Waals surface area contributed by atoms with Crippen molar-refractivity contribution in [1.29, 1.82) is 0 Å². The molecule has 3 aliphatic rings. The second kappa shape index (κ2) is 14.8. The Morgan fingerprint density at radius 2 is 1.37 bits per heavy atom. The molecular formula is C51H51N. The highest BCUT2D eigenvalue weighted by molar-refractivity contribution is 5.86. The summed E-state index contributed by atoms with van der Waals surface area (Å²) in [6.45, 7) is 6.53. The van der Waals surface area contributed by atoms with Crippen LogP contribution in [0.1, 0.15) is 73.6 Å². The van der Waals surface area contributed by atoms with Crippen molar-refractivity contribution in [1.82, 2.24) is 0 Å². The number of allylic oxidation sites excluding steroid dienone is 8. The van der Waals surface area contributed by atoms with Crippen LogP contribution < -0.4 is 5.32 Å². The van der Waals surface area contributed by atoms with Crippen LogP contribution in [0.25, 0.3) is 33.4 Å². The SMILES string of the molecule is Cc1cc(C)cc(-c2ccc(C)cc2-c2cccc(Nc3ccc(-c4ccc(C5(C6=CCC(C7=CC=CCC7)C=C6)CCCCC5)cc4)cc3)c2)c1. The van der Waals surface area contributed by atoms with Gasteiger partial charge in [-0.05, 0) is 122 Å². The maximum absolute atomic E-state index is 3.68. The van der Waals surface area contributed by atoms with E-state index >= 15 is 0 Å². The lowest BCUT2D eigenvalue weighted by Crippen LogP contribution is -2.31. The molecule has 1 saturated carbocycles. The zero-order valence-electron chi connectivity index (χ0n) is 31.1. The fraction of sp³-hybridized carbons (Fsp3) is 0.255. The topological polar surface area (TPSA) is 12.0 Å². The first kappa shape index (κ1) is 34.0. The van der Waals surface area contributed by atoms with Crippen LogP contribution >= 0.6 is 0 Å². The van der Waals surface area contributed by atoms with Crippen LogP contribution in [0.4, 0.5) is 11.4 Å². The molecule has 5 aromatic rings. The molecule has 0 bridgehead atoms. The second-order valence-electron chi connectivity index (χ2n) is 15.5. The number of hydrogen-bond donors (Lipinski definition) is 1. The maximum Gasteiger partial charge on any atom is 0.0390 e. The molecule has 1 heteroatoms. The van der Waals surface area contributed by atoms with Gasteiger partial charge in [-0.15, -0.1) is 0 Å². The number of nitrogens with one attached hydrogen (secondary N) is 1. The highest BCUT2D eigenvalue weighted by Crippen LogP contribution is 2.48.